The summed E-state index contributed by atoms with van der Waals surface area (Å²) in [7, 11) is 1.63. The Bertz CT molecular complexity index is 584. The van der Waals surface area contributed by atoms with Crippen LogP contribution < -0.4 is 16.0 Å². The summed E-state index contributed by atoms with van der Waals surface area (Å²) in [6.45, 7) is 4.24. The minimum Gasteiger partial charge on any atom is -0.495 e. The molecule has 1 atom stereocenters. The molecule has 2 rings (SSSR count). The third kappa shape index (κ3) is 3.35. The van der Waals surface area contributed by atoms with Gasteiger partial charge in [-0.2, -0.15) is 0 Å². The fourth-order valence-corrected chi connectivity index (χ4v) is 2.18. The number of hydrogen-bond donors (Lipinski definition) is 2. The molecule has 0 aliphatic rings. The molecule has 20 heavy (non-hydrogen) atoms. The van der Waals surface area contributed by atoms with Crippen molar-refractivity contribution in [2.24, 2.45) is 5.84 Å². The maximum Gasteiger partial charge on any atom is 0.137 e. The summed E-state index contributed by atoms with van der Waals surface area (Å²) in [6, 6.07) is 8.45. The van der Waals surface area contributed by atoms with E-state index in [9.17, 15) is 0 Å². The minimum absolute atomic E-state index is 0.0136. The van der Waals surface area contributed by atoms with E-state index in [-0.39, 0.29) is 6.04 Å². The zero-order valence-electron chi connectivity index (χ0n) is 12.2. The van der Waals surface area contributed by atoms with Gasteiger partial charge in [0.15, 0.2) is 0 Å². The first-order valence-electron chi connectivity index (χ1n) is 6.65. The van der Waals surface area contributed by atoms with E-state index in [1.54, 1.807) is 13.3 Å². The molecule has 1 aromatic carbocycles. The summed E-state index contributed by atoms with van der Waals surface area (Å²) in [5.41, 5.74) is 7.72. The zero-order valence-corrected chi connectivity index (χ0v) is 12.2. The summed E-state index contributed by atoms with van der Waals surface area (Å²) in [5.74, 6) is 6.43. The summed E-state index contributed by atoms with van der Waals surface area (Å²) in [4.78, 5) is 4.18. The first-order valence-corrected chi connectivity index (χ1v) is 6.65. The Hall–Kier alpha value is -1.91. The largest absolute Gasteiger partial charge is 0.495 e. The summed E-state index contributed by atoms with van der Waals surface area (Å²) in [5, 5.41) is 0. The van der Waals surface area contributed by atoms with Crippen molar-refractivity contribution in [1.82, 2.24) is 10.4 Å². The number of aryl methyl sites for hydroxylation is 2. The van der Waals surface area contributed by atoms with Gasteiger partial charge in [0.1, 0.15) is 5.75 Å². The van der Waals surface area contributed by atoms with E-state index in [2.05, 4.69) is 42.5 Å². The number of hydrogen-bond acceptors (Lipinski definition) is 4. The molecule has 0 fully saturated rings. The third-order valence-electron chi connectivity index (χ3n) is 3.58. The molecular formula is C16H21N3O. The molecule has 1 unspecified atom stereocenters. The van der Waals surface area contributed by atoms with Crippen LogP contribution in [0.3, 0.4) is 0 Å². The number of methoxy groups -OCH3 is 1. The molecule has 2 aromatic rings. The number of aromatic nitrogens is 1. The molecule has 0 saturated carbocycles. The van der Waals surface area contributed by atoms with Crippen LogP contribution >= 0.6 is 0 Å². The van der Waals surface area contributed by atoms with Crippen molar-refractivity contribution in [3.8, 4) is 5.75 Å². The lowest BCUT2D eigenvalue weighted by atomic mass is 9.98. The second kappa shape index (κ2) is 6.50. The van der Waals surface area contributed by atoms with Gasteiger partial charge in [-0.15, -0.1) is 0 Å². The summed E-state index contributed by atoms with van der Waals surface area (Å²) < 4.78 is 5.20. The van der Waals surface area contributed by atoms with Gasteiger partial charge in [0.05, 0.1) is 19.3 Å². The maximum absolute atomic E-state index is 5.69. The van der Waals surface area contributed by atoms with Gasteiger partial charge in [-0.1, -0.05) is 18.2 Å². The fourth-order valence-electron chi connectivity index (χ4n) is 2.18. The SMILES string of the molecule is COc1cncc(C(Cc2ccc(C)c(C)c2)NN)c1. The highest BCUT2D eigenvalue weighted by Gasteiger charge is 2.12. The van der Waals surface area contributed by atoms with Gasteiger partial charge in [-0.3, -0.25) is 16.3 Å². The van der Waals surface area contributed by atoms with Gasteiger partial charge in [0.2, 0.25) is 0 Å². The highest BCUT2D eigenvalue weighted by atomic mass is 16.5. The predicted octanol–water partition coefficient (Wildman–Crippen LogP) is 2.45. The molecule has 4 heteroatoms. The maximum atomic E-state index is 5.69. The molecule has 0 spiro atoms. The molecule has 0 saturated heterocycles. The molecule has 4 nitrogen and oxygen atoms in total. The van der Waals surface area contributed by atoms with E-state index >= 15 is 0 Å². The molecular weight excluding hydrogens is 250 g/mol. The second-order valence-electron chi connectivity index (χ2n) is 5.00. The lowest BCUT2D eigenvalue weighted by Crippen LogP contribution is -2.29. The van der Waals surface area contributed by atoms with Gasteiger partial charge in [0.25, 0.3) is 0 Å². The van der Waals surface area contributed by atoms with Crippen LogP contribution in [0.1, 0.15) is 28.3 Å². The van der Waals surface area contributed by atoms with Crippen LogP contribution in [-0.2, 0) is 6.42 Å². The Morgan fingerprint density at radius 1 is 1.20 bits per heavy atom. The number of nitrogens with zero attached hydrogens (tertiary/aromatic N) is 1. The van der Waals surface area contributed by atoms with Gasteiger partial charge in [-0.05, 0) is 48.6 Å². The van der Waals surface area contributed by atoms with E-state index < -0.39 is 0 Å². The quantitative estimate of drug-likeness (QED) is 0.648. The van der Waals surface area contributed by atoms with Crippen molar-refractivity contribution in [2.75, 3.05) is 7.11 Å². The zero-order chi connectivity index (χ0) is 14.5. The van der Waals surface area contributed by atoms with Crippen molar-refractivity contribution in [3.05, 3.63) is 58.9 Å². The number of benzene rings is 1. The van der Waals surface area contributed by atoms with Gasteiger partial charge in [0, 0.05) is 6.20 Å². The average Bonchev–Trinajstić information content (AvgIpc) is 2.48. The lowest BCUT2D eigenvalue weighted by Gasteiger charge is -2.17. The number of hydrazine groups is 1. The highest BCUT2D eigenvalue weighted by molar-refractivity contribution is 5.32. The Kier molecular flexibility index (Phi) is 4.71. The summed E-state index contributed by atoms with van der Waals surface area (Å²) in [6.07, 6.45) is 4.31. The number of pyridine rings is 1. The minimum atomic E-state index is 0.0136. The Morgan fingerprint density at radius 3 is 2.65 bits per heavy atom. The van der Waals surface area contributed by atoms with E-state index in [1.807, 2.05) is 12.3 Å². The molecule has 0 aliphatic heterocycles. The molecule has 0 bridgehead atoms. The molecule has 1 heterocycles. The monoisotopic (exact) mass is 271 g/mol. The van der Waals surface area contributed by atoms with Crippen molar-refractivity contribution in [1.29, 1.82) is 0 Å². The Balaban J connectivity index is 2.21. The van der Waals surface area contributed by atoms with Crippen molar-refractivity contribution >= 4 is 0 Å². The molecule has 0 aliphatic carbocycles. The van der Waals surface area contributed by atoms with Gasteiger partial charge in [-0.25, -0.2) is 0 Å². The number of nitrogens with one attached hydrogen (secondary N) is 1. The fraction of sp³-hybridized carbons (Fsp3) is 0.312. The molecule has 0 radical (unpaired) electrons. The van der Waals surface area contributed by atoms with Gasteiger partial charge >= 0.3 is 0 Å². The van der Waals surface area contributed by atoms with Crippen LogP contribution in [0.25, 0.3) is 0 Å². The first-order chi connectivity index (χ1) is 9.63. The number of rotatable bonds is 5. The first kappa shape index (κ1) is 14.5. The molecule has 1 aromatic heterocycles. The predicted molar refractivity (Wildman–Crippen MR) is 80.5 cm³/mol. The average molecular weight is 271 g/mol. The third-order valence-corrected chi connectivity index (χ3v) is 3.58. The van der Waals surface area contributed by atoms with Crippen LogP contribution in [-0.4, -0.2) is 12.1 Å². The normalized spacial score (nSPS) is 12.2. The van der Waals surface area contributed by atoms with Crippen LogP contribution in [0.15, 0.2) is 36.7 Å². The van der Waals surface area contributed by atoms with E-state index in [4.69, 9.17) is 10.6 Å². The van der Waals surface area contributed by atoms with Crippen LogP contribution in [0.5, 0.6) is 5.75 Å². The topological polar surface area (TPSA) is 60.2 Å². The van der Waals surface area contributed by atoms with E-state index in [0.717, 1.165) is 17.7 Å². The smallest absolute Gasteiger partial charge is 0.137 e. The number of ether oxygens (including phenoxy) is 1. The van der Waals surface area contributed by atoms with Crippen molar-refractivity contribution in [2.45, 2.75) is 26.3 Å². The van der Waals surface area contributed by atoms with Crippen molar-refractivity contribution < 1.29 is 4.74 Å². The van der Waals surface area contributed by atoms with Crippen LogP contribution in [0, 0.1) is 13.8 Å². The lowest BCUT2D eigenvalue weighted by molar-refractivity contribution is 0.410. The number of nitrogens with two attached hydrogens (primary N) is 1. The molecule has 106 valence electrons. The molecule has 3 N–H and O–H groups in total. The Morgan fingerprint density at radius 2 is 2.00 bits per heavy atom. The highest BCUT2D eigenvalue weighted by Crippen LogP contribution is 2.21. The molecule has 0 amide bonds. The second-order valence-corrected chi connectivity index (χ2v) is 5.00. The summed E-state index contributed by atoms with van der Waals surface area (Å²) >= 11 is 0. The van der Waals surface area contributed by atoms with E-state index in [1.165, 1.54) is 16.7 Å². The standard InChI is InChI=1S/C16H21N3O/c1-11-4-5-13(6-12(11)2)7-16(19-17)14-8-15(20-3)10-18-9-14/h4-6,8-10,16,19H,7,17H2,1-3H3. The van der Waals surface area contributed by atoms with Gasteiger partial charge < -0.3 is 4.74 Å². The Labute approximate surface area is 120 Å². The van der Waals surface area contributed by atoms with Crippen molar-refractivity contribution in [3.63, 3.8) is 0 Å². The van der Waals surface area contributed by atoms with Crippen LogP contribution in [0.2, 0.25) is 0 Å². The van der Waals surface area contributed by atoms with Crippen LogP contribution in [0.4, 0.5) is 0 Å². The van der Waals surface area contributed by atoms with E-state index in [0.29, 0.717) is 0 Å².